The van der Waals surface area contributed by atoms with Crippen molar-refractivity contribution in [3.8, 4) is 11.5 Å². The first-order valence-electron chi connectivity index (χ1n) is 9.77. The van der Waals surface area contributed by atoms with Crippen molar-refractivity contribution in [3.63, 3.8) is 0 Å². The minimum absolute atomic E-state index is 0.127. The van der Waals surface area contributed by atoms with Gasteiger partial charge in [0.1, 0.15) is 11.5 Å². The molecular weight excluding hydrogens is 382 g/mol. The van der Waals surface area contributed by atoms with E-state index in [0.717, 1.165) is 11.4 Å². The Morgan fingerprint density at radius 3 is 2.37 bits per heavy atom. The van der Waals surface area contributed by atoms with Crippen LogP contribution >= 0.6 is 0 Å². The number of fused-ring (bicyclic) bond motifs is 1. The number of piperazine rings is 1. The molecule has 1 aliphatic heterocycles. The number of methoxy groups -OCH3 is 1. The fourth-order valence-electron chi connectivity index (χ4n) is 3.76. The van der Waals surface area contributed by atoms with Crippen LogP contribution in [0.3, 0.4) is 0 Å². The lowest BCUT2D eigenvalue weighted by molar-refractivity contribution is -0.143. The first-order chi connectivity index (χ1) is 14.6. The molecule has 3 aromatic rings. The van der Waals surface area contributed by atoms with Crippen LogP contribution in [-0.4, -0.2) is 55.1 Å². The number of hydrogen-bond donors (Lipinski definition) is 2. The van der Waals surface area contributed by atoms with Crippen molar-refractivity contribution in [3.05, 3.63) is 60.7 Å². The third-order valence-corrected chi connectivity index (χ3v) is 5.33. The van der Waals surface area contributed by atoms with Crippen LogP contribution in [0.25, 0.3) is 10.8 Å². The number of ether oxygens (including phenoxy) is 1. The van der Waals surface area contributed by atoms with Crippen LogP contribution in [0.15, 0.2) is 60.7 Å². The lowest BCUT2D eigenvalue weighted by atomic mass is 10.1. The van der Waals surface area contributed by atoms with Crippen LogP contribution in [0.1, 0.15) is 0 Å². The van der Waals surface area contributed by atoms with E-state index in [9.17, 15) is 14.7 Å². The molecule has 1 saturated heterocycles. The third-order valence-electron chi connectivity index (χ3n) is 5.33. The molecule has 30 heavy (non-hydrogen) atoms. The highest BCUT2D eigenvalue weighted by Gasteiger charge is 2.27. The van der Waals surface area contributed by atoms with Gasteiger partial charge in [0.2, 0.25) is 0 Å². The van der Waals surface area contributed by atoms with Gasteiger partial charge in [0.05, 0.1) is 12.8 Å². The number of nitrogens with zero attached hydrogens (tertiary/aromatic N) is 2. The number of para-hydroxylation sites is 2. The fraction of sp³-hybridized carbons (Fsp3) is 0.217. The zero-order valence-corrected chi connectivity index (χ0v) is 16.7. The molecule has 7 heteroatoms. The average molecular weight is 405 g/mol. The molecule has 0 aliphatic carbocycles. The number of benzene rings is 3. The Kier molecular flexibility index (Phi) is 5.43. The van der Waals surface area contributed by atoms with Gasteiger partial charge in [-0.1, -0.05) is 36.4 Å². The number of aromatic hydroxyl groups is 1. The maximum atomic E-state index is 12.7. The molecular formula is C23H23N3O4. The summed E-state index contributed by atoms with van der Waals surface area (Å²) in [6, 6.07) is 18.0. The zero-order chi connectivity index (χ0) is 21.1. The maximum Gasteiger partial charge on any atom is 0.313 e. The SMILES string of the molecule is COc1ccccc1N1CCN(C(=O)C(=O)Nc2cccc3c(O)cccc23)CC1. The molecule has 7 nitrogen and oxygen atoms in total. The monoisotopic (exact) mass is 405 g/mol. The molecule has 0 radical (unpaired) electrons. The van der Waals surface area contributed by atoms with E-state index in [1.807, 2.05) is 24.3 Å². The van der Waals surface area contributed by atoms with Gasteiger partial charge in [-0.15, -0.1) is 0 Å². The lowest BCUT2D eigenvalue weighted by Crippen LogP contribution is -2.51. The second kappa shape index (κ2) is 8.32. The number of anilines is 2. The molecule has 0 spiro atoms. The van der Waals surface area contributed by atoms with Crippen molar-refractivity contribution >= 4 is 34.0 Å². The summed E-state index contributed by atoms with van der Waals surface area (Å²) in [7, 11) is 1.63. The number of amides is 2. The van der Waals surface area contributed by atoms with Crippen molar-refractivity contribution in [2.75, 3.05) is 43.5 Å². The van der Waals surface area contributed by atoms with Crippen LogP contribution in [-0.2, 0) is 9.59 Å². The molecule has 2 amide bonds. The molecule has 0 atom stereocenters. The van der Waals surface area contributed by atoms with E-state index in [1.165, 1.54) is 0 Å². The van der Waals surface area contributed by atoms with Gasteiger partial charge < -0.3 is 25.0 Å². The Bertz CT molecular complexity index is 1090. The van der Waals surface area contributed by atoms with E-state index in [-0.39, 0.29) is 5.75 Å². The molecule has 2 N–H and O–H groups in total. The summed E-state index contributed by atoms with van der Waals surface area (Å²) in [5, 5.41) is 14.0. The van der Waals surface area contributed by atoms with Gasteiger partial charge >= 0.3 is 11.8 Å². The van der Waals surface area contributed by atoms with Gasteiger partial charge in [-0.2, -0.15) is 0 Å². The van der Waals surface area contributed by atoms with Crippen LogP contribution in [0.5, 0.6) is 11.5 Å². The second-order valence-corrected chi connectivity index (χ2v) is 7.08. The van der Waals surface area contributed by atoms with E-state index < -0.39 is 11.8 Å². The number of hydrogen-bond acceptors (Lipinski definition) is 5. The number of carbonyl (C=O) groups excluding carboxylic acids is 2. The standard InChI is InChI=1S/C23H23N3O4/c1-30-21-11-3-2-9-19(21)25-12-14-26(15-13-25)23(29)22(28)24-18-8-4-7-17-16(18)6-5-10-20(17)27/h2-11,27H,12-15H2,1H3,(H,24,28). The summed E-state index contributed by atoms with van der Waals surface area (Å²) in [5.41, 5.74) is 1.47. The quantitative estimate of drug-likeness (QED) is 0.655. The van der Waals surface area contributed by atoms with Gasteiger partial charge in [0, 0.05) is 42.6 Å². The van der Waals surface area contributed by atoms with Crippen molar-refractivity contribution in [1.82, 2.24) is 4.90 Å². The second-order valence-electron chi connectivity index (χ2n) is 7.08. The minimum atomic E-state index is -0.684. The van der Waals surface area contributed by atoms with Crippen molar-refractivity contribution in [2.45, 2.75) is 0 Å². The number of phenolic OH excluding ortho intramolecular Hbond substituents is 1. The summed E-state index contributed by atoms with van der Waals surface area (Å²) in [5.74, 6) is -0.333. The summed E-state index contributed by atoms with van der Waals surface area (Å²) in [4.78, 5) is 29.0. The number of nitrogens with one attached hydrogen (secondary N) is 1. The van der Waals surface area contributed by atoms with E-state index >= 15 is 0 Å². The van der Waals surface area contributed by atoms with E-state index in [1.54, 1.807) is 48.4 Å². The van der Waals surface area contributed by atoms with Crippen LogP contribution in [0.4, 0.5) is 11.4 Å². The van der Waals surface area contributed by atoms with Gasteiger partial charge in [-0.05, 0) is 24.3 Å². The Hall–Kier alpha value is -3.74. The average Bonchev–Trinajstić information content (AvgIpc) is 2.79. The third kappa shape index (κ3) is 3.74. The molecule has 0 saturated carbocycles. The smallest absolute Gasteiger partial charge is 0.313 e. The topological polar surface area (TPSA) is 82.1 Å². The van der Waals surface area contributed by atoms with Gasteiger partial charge in [0.25, 0.3) is 0 Å². The van der Waals surface area contributed by atoms with Crippen LogP contribution in [0.2, 0.25) is 0 Å². The first kappa shape index (κ1) is 19.6. The van der Waals surface area contributed by atoms with Gasteiger partial charge in [-0.3, -0.25) is 9.59 Å². The van der Waals surface area contributed by atoms with Crippen molar-refractivity contribution in [2.24, 2.45) is 0 Å². The molecule has 4 rings (SSSR count). The molecule has 1 heterocycles. The molecule has 0 unspecified atom stereocenters. The Morgan fingerprint density at radius 1 is 0.900 bits per heavy atom. The Balaban J connectivity index is 1.42. The van der Waals surface area contributed by atoms with Gasteiger partial charge in [-0.25, -0.2) is 0 Å². The van der Waals surface area contributed by atoms with Crippen molar-refractivity contribution in [1.29, 1.82) is 0 Å². The highest BCUT2D eigenvalue weighted by Crippen LogP contribution is 2.30. The van der Waals surface area contributed by atoms with Crippen LogP contribution < -0.4 is 15.0 Å². The predicted molar refractivity (Wildman–Crippen MR) is 116 cm³/mol. The molecule has 154 valence electrons. The van der Waals surface area contributed by atoms with Gasteiger partial charge in [0.15, 0.2) is 0 Å². The summed E-state index contributed by atoms with van der Waals surface area (Å²) >= 11 is 0. The lowest BCUT2D eigenvalue weighted by Gasteiger charge is -2.36. The number of carbonyl (C=O) groups is 2. The first-order valence-corrected chi connectivity index (χ1v) is 9.77. The molecule has 3 aromatic carbocycles. The van der Waals surface area contributed by atoms with E-state index in [2.05, 4.69) is 10.2 Å². The van der Waals surface area contributed by atoms with Crippen LogP contribution in [0, 0.1) is 0 Å². The zero-order valence-electron chi connectivity index (χ0n) is 16.7. The predicted octanol–water partition coefficient (Wildman–Crippen LogP) is 2.84. The molecule has 1 fully saturated rings. The molecule has 0 bridgehead atoms. The maximum absolute atomic E-state index is 12.7. The minimum Gasteiger partial charge on any atom is -0.507 e. The Labute approximate surface area is 174 Å². The summed E-state index contributed by atoms with van der Waals surface area (Å²) in [6.45, 7) is 2.12. The molecule has 0 aromatic heterocycles. The van der Waals surface area contributed by atoms with E-state index in [0.29, 0.717) is 42.6 Å². The summed E-state index contributed by atoms with van der Waals surface area (Å²) in [6.07, 6.45) is 0. The largest absolute Gasteiger partial charge is 0.507 e. The summed E-state index contributed by atoms with van der Waals surface area (Å²) < 4.78 is 5.42. The number of phenols is 1. The highest BCUT2D eigenvalue weighted by atomic mass is 16.5. The van der Waals surface area contributed by atoms with E-state index in [4.69, 9.17) is 4.74 Å². The normalized spacial score (nSPS) is 13.9. The highest BCUT2D eigenvalue weighted by molar-refractivity contribution is 6.40. The fourth-order valence-corrected chi connectivity index (χ4v) is 3.76. The molecule has 1 aliphatic rings. The Morgan fingerprint density at radius 2 is 1.60 bits per heavy atom. The number of rotatable bonds is 3. The van der Waals surface area contributed by atoms with Crippen molar-refractivity contribution < 1.29 is 19.4 Å².